The van der Waals surface area contributed by atoms with Crippen molar-refractivity contribution in [3.05, 3.63) is 217 Å². The second-order valence-corrected chi connectivity index (χ2v) is 17.4. The predicted octanol–water partition coefficient (Wildman–Crippen LogP) is 18.1. The van der Waals surface area contributed by atoms with Crippen molar-refractivity contribution in [2.75, 3.05) is 9.80 Å². The number of benzene rings is 10. The van der Waals surface area contributed by atoms with E-state index in [2.05, 4.69) is 231 Å². The molecule has 5 heteroatoms. The van der Waals surface area contributed by atoms with Gasteiger partial charge in [-0.25, -0.2) is 0 Å². The molecule has 5 nitrogen and oxygen atoms in total. The fourth-order valence-electron chi connectivity index (χ4n) is 10.2. The highest BCUT2D eigenvalue weighted by Crippen LogP contribution is 2.51. The Kier molecular flexibility index (Phi) is 8.49. The van der Waals surface area contributed by atoms with Crippen molar-refractivity contribution >= 4 is 111 Å². The van der Waals surface area contributed by atoms with E-state index in [9.17, 15) is 0 Å². The highest BCUT2D eigenvalue weighted by molar-refractivity contribution is 6.24. The molecule has 13 aromatic rings. The number of nitrogens with zero attached hydrogens (tertiary/aromatic N) is 2. The zero-order valence-corrected chi connectivity index (χ0v) is 36.7. The van der Waals surface area contributed by atoms with Crippen molar-refractivity contribution < 1.29 is 13.3 Å². The summed E-state index contributed by atoms with van der Waals surface area (Å²) in [4.78, 5) is 4.66. The van der Waals surface area contributed by atoms with E-state index in [1.54, 1.807) is 0 Å². The summed E-state index contributed by atoms with van der Waals surface area (Å²) in [6.07, 6.45) is 0. The average molecular weight is 851 g/mol. The maximum atomic E-state index is 7.12. The van der Waals surface area contributed by atoms with Gasteiger partial charge in [0.2, 0.25) is 0 Å². The molecule has 0 N–H and O–H groups in total. The molecular formula is C61H42N2O3. The zero-order chi connectivity index (χ0) is 44.0. The van der Waals surface area contributed by atoms with E-state index in [0.29, 0.717) is 0 Å². The van der Waals surface area contributed by atoms with Crippen LogP contribution in [0.15, 0.2) is 213 Å². The average Bonchev–Trinajstić information content (AvgIpc) is 4.06. The minimum Gasteiger partial charge on any atom is -0.456 e. The van der Waals surface area contributed by atoms with E-state index < -0.39 is 0 Å². The van der Waals surface area contributed by atoms with E-state index >= 15 is 0 Å². The van der Waals surface area contributed by atoms with E-state index in [4.69, 9.17) is 13.3 Å². The number of aryl methyl sites for hydroxylation is 3. The standard InChI is InChI=1S/C61H42N2O3/c1-37-29-31-41(32-30-37)62(52-27-13-24-48-46-22-11-15-38(2)58(46)65-60(48)52)42-33-34-50-55(35-42)64-56-36-54(44-20-7-8-21-45(44)57(50)56)63(51-26-10-9-19-43(51)40-17-5-4-6-18-40)53-28-14-25-49-47-23-12-16-39(3)59(47)66-61(49)53/h4-36H,1-3H3. The summed E-state index contributed by atoms with van der Waals surface area (Å²) < 4.78 is 20.8. The first-order valence-electron chi connectivity index (χ1n) is 22.5. The summed E-state index contributed by atoms with van der Waals surface area (Å²) >= 11 is 0. The SMILES string of the molecule is Cc1ccc(N(c2ccc3c(c2)oc2cc(N(c4ccccc4-c4ccccc4)c4cccc5c4oc4c(C)cccc45)c4ccccc4c23)c2cccc3c2oc2c(C)cccc23)cc1. The molecule has 0 aliphatic rings. The molecule has 0 spiro atoms. The summed E-state index contributed by atoms with van der Waals surface area (Å²) in [7, 11) is 0. The summed E-state index contributed by atoms with van der Waals surface area (Å²) in [5.41, 5.74) is 16.6. The molecule has 66 heavy (non-hydrogen) atoms. The van der Waals surface area contributed by atoms with Gasteiger partial charge in [0.05, 0.1) is 28.4 Å². The van der Waals surface area contributed by atoms with Crippen LogP contribution in [0.1, 0.15) is 16.7 Å². The van der Waals surface area contributed by atoms with Crippen LogP contribution in [0.3, 0.4) is 0 Å². The van der Waals surface area contributed by atoms with Crippen molar-refractivity contribution in [1.29, 1.82) is 0 Å². The molecule has 0 atom stereocenters. The first-order valence-corrected chi connectivity index (χ1v) is 22.5. The smallest absolute Gasteiger partial charge is 0.159 e. The van der Waals surface area contributed by atoms with Crippen molar-refractivity contribution in [2.45, 2.75) is 20.8 Å². The highest BCUT2D eigenvalue weighted by atomic mass is 16.3. The Bertz CT molecular complexity index is 4040. The summed E-state index contributed by atoms with van der Waals surface area (Å²) in [6.45, 7) is 6.34. The molecule has 3 heterocycles. The maximum Gasteiger partial charge on any atom is 0.159 e. The van der Waals surface area contributed by atoms with Gasteiger partial charge in [0, 0.05) is 61.1 Å². The lowest BCUT2D eigenvalue weighted by Gasteiger charge is -2.29. The Morgan fingerprint density at radius 1 is 0.318 bits per heavy atom. The maximum absolute atomic E-state index is 7.12. The molecule has 13 rings (SSSR count). The van der Waals surface area contributed by atoms with Gasteiger partial charge in [0.15, 0.2) is 11.2 Å². The number of anilines is 6. The largest absolute Gasteiger partial charge is 0.456 e. The summed E-state index contributed by atoms with van der Waals surface area (Å²) in [5, 5.41) is 8.67. The second kappa shape index (κ2) is 14.8. The van der Waals surface area contributed by atoms with Crippen molar-refractivity contribution in [1.82, 2.24) is 0 Å². The lowest BCUT2D eigenvalue weighted by molar-refractivity contribution is 0.665. The third-order valence-electron chi connectivity index (χ3n) is 13.3. The van der Waals surface area contributed by atoms with Crippen LogP contribution in [-0.4, -0.2) is 0 Å². The van der Waals surface area contributed by atoms with Gasteiger partial charge in [-0.05, 0) is 85.3 Å². The van der Waals surface area contributed by atoms with Crippen molar-refractivity contribution in [2.24, 2.45) is 0 Å². The van der Waals surface area contributed by atoms with Crippen LogP contribution in [0.4, 0.5) is 34.1 Å². The molecule has 314 valence electrons. The lowest BCUT2D eigenvalue weighted by atomic mass is 9.98. The van der Waals surface area contributed by atoms with Gasteiger partial charge < -0.3 is 23.1 Å². The number of hydrogen-bond donors (Lipinski definition) is 0. The van der Waals surface area contributed by atoms with Crippen LogP contribution in [-0.2, 0) is 0 Å². The fourth-order valence-corrected chi connectivity index (χ4v) is 10.2. The van der Waals surface area contributed by atoms with E-state index in [1.807, 2.05) is 0 Å². The Labute approximate surface area is 380 Å². The Morgan fingerprint density at radius 3 is 1.53 bits per heavy atom. The first-order chi connectivity index (χ1) is 32.5. The van der Waals surface area contributed by atoms with Crippen LogP contribution >= 0.6 is 0 Å². The van der Waals surface area contributed by atoms with Crippen molar-refractivity contribution in [3.8, 4) is 11.1 Å². The molecule has 0 radical (unpaired) electrons. The molecule has 0 aliphatic heterocycles. The summed E-state index contributed by atoms with van der Waals surface area (Å²) in [6, 6.07) is 71.1. The van der Waals surface area contributed by atoms with Gasteiger partial charge in [-0.2, -0.15) is 0 Å². The van der Waals surface area contributed by atoms with Crippen LogP contribution in [0.5, 0.6) is 0 Å². The van der Waals surface area contributed by atoms with Crippen LogP contribution < -0.4 is 9.80 Å². The third kappa shape index (κ3) is 5.80. The molecule has 10 aromatic carbocycles. The number of fused-ring (bicyclic) bond motifs is 11. The molecule has 0 fully saturated rings. The van der Waals surface area contributed by atoms with Gasteiger partial charge >= 0.3 is 0 Å². The van der Waals surface area contributed by atoms with Crippen LogP contribution in [0.2, 0.25) is 0 Å². The molecule has 0 bridgehead atoms. The molecule has 3 aromatic heterocycles. The molecule has 0 aliphatic carbocycles. The third-order valence-corrected chi connectivity index (χ3v) is 13.3. The fraction of sp³-hybridized carbons (Fsp3) is 0.0492. The van der Waals surface area contributed by atoms with E-state index in [0.717, 1.165) is 133 Å². The number of furan rings is 3. The number of para-hydroxylation sites is 5. The molecule has 0 saturated heterocycles. The first kappa shape index (κ1) is 38.0. The van der Waals surface area contributed by atoms with Crippen LogP contribution in [0, 0.1) is 20.8 Å². The Morgan fingerprint density at radius 2 is 0.848 bits per heavy atom. The molecular weight excluding hydrogens is 809 g/mol. The Balaban J connectivity index is 1.06. The normalized spacial score (nSPS) is 11.9. The number of rotatable bonds is 7. The zero-order valence-electron chi connectivity index (χ0n) is 36.7. The Hall–Kier alpha value is -8.54. The topological polar surface area (TPSA) is 45.9 Å². The van der Waals surface area contributed by atoms with Gasteiger partial charge in [-0.15, -0.1) is 0 Å². The quantitative estimate of drug-likeness (QED) is 0.160. The second-order valence-electron chi connectivity index (χ2n) is 17.4. The van der Waals surface area contributed by atoms with Crippen molar-refractivity contribution in [3.63, 3.8) is 0 Å². The minimum atomic E-state index is 0.792. The molecule has 0 unspecified atom stereocenters. The predicted molar refractivity (Wildman–Crippen MR) is 275 cm³/mol. The van der Waals surface area contributed by atoms with Gasteiger partial charge in [-0.3, -0.25) is 0 Å². The van der Waals surface area contributed by atoms with Gasteiger partial charge in [0.25, 0.3) is 0 Å². The highest BCUT2D eigenvalue weighted by Gasteiger charge is 2.27. The van der Waals surface area contributed by atoms with Gasteiger partial charge in [0.1, 0.15) is 22.3 Å². The molecule has 0 amide bonds. The van der Waals surface area contributed by atoms with E-state index in [-0.39, 0.29) is 0 Å². The van der Waals surface area contributed by atoms with Gasteiger partial charge in [-0.1, -0.05) is 151 Å². The number of hydrogen-bond acceptors (Lipinski definition) is 5. The lowest BCUT2D eigenvalue weighted by Crippen LogP contribution is -2.12. The molecule has 0 saturated carbocycles. The summed E-state index contributed by atoms with van der Waals surface area (Å²) in [5.74, 6) is 0. The van der Waals surface area contributed by atoms with Crippen LogP contribution in [0.25, 0.3) is 87.7 Å². The van der Waals surface area contributed by atoms with E-state index in [1.165, 1.54) is 5.56 Å². The monoisotopic (exact) mass is 850 g/mol. The minimum absolute atomic E-state index is 0.792.